The summed E-state index contributed by atoms with van der Waals surface area (Å²) in [6.45, 7) is 5.78. The van der Waals surface area contributed by atoms with Crippen LogP contribution in [0.3, 0.4) is 0 Å². The van der Waals surface area contributed by atoms with Crippen LogP contribution in [0.25, 0.3) is 10.9 Å². The van der Waals surface area contributed by atoms with Crippen LogP contribution in [0.15, 0.2) is 18.2 Å². The van der Waals surface area contributed by atoms with Gasteiger partial charge in [-0.1, -0.05) is 6.07 Å². The van der Waals surface area contributed by atoms with Crippen molar-refractivity contribution in [2.24, 2.45) is 5.73 Å². The highest BCUT2D eigenvalue weighted by Crippen LogP contribution is 2.23. The molecule has 0 radical (unpaired) electrons. The van der Waals surface area contributed by atoms with Crippen LogP contribution in [0, 0.1) is 13.8 Å². The van der Waals surface area contributed by atoms with E-state index in [2.05, 4.69) is 36.3 Å². The second-order valence-corrected chi connectivity index (χ2v) is 6.21. The predicted octanol–water partition coefficient (Wildman–Crippen LogP) is 1.91. The Morgan fingerprint density at radius 2 is 2.09 bits per heavy atom. The monoisotopic (exact) mass is 301 g/mol. The summed E-state index contributed by atoms with van der Waals surface area (Å²) in [4.78, 5) is 15.7. The molecule has 118 valence electrons. The highest BCUT2D eigenvalue weighted by Gasteiger charge is 2.35. The first kappa shape index (κ1) is 15.1. The molecule has 0 atom stereocenters. The fraction of sp³-hybridized carbons (Fsp3) is 0.471. The van der Waals surface area contributed by atoms with Crippen molar-refractivity contribution in [1.29, 1.82) is 0 Å². The minimum atomic E-state index is -0.789. The molecule has 1 aliphatic rings. The Balaban J connectivity index is 1.71. The lowest BCUT2D eigenvalue weighted by atomic mass is 9.90. The number of nitrogens with one attached hydrogen (secondary N) is 2. The molecule has 2 heterocycles. The minimum Gasteiger partial charge on any atom is -0.381 e. The second-order valence-electron chi connectivity index (χ2n) is 6.21. The van der Waals surface area contributed by atoms with Gasteiger partial charge in [0, 0.05) is 36.4 Å². The average molecular weight is 301 g/mol. The topological polar surface area (TPSA) is 80.1 Å². The SMILES string of the molecule is Cc1[nH]c2ccc(CNC(=O)C3(N)CCOCC3)cc2c1C. The third-order valence-electron chi connectivity index (χ3n) is 4.66. The number of hydrogen-bond acceptors (Lipinski definition) is 3. The molecule has 1 saturated heterocycles. The smallest absolute Gasteiger partial charge is 0.240 e. The lowest BCUT2D eigenvalue weighted by Gasteiger charge is -2.31. The van der Waals surface area contributed by atoms with E-state index in [9.17, 15) is 4.79 Å². The first-order chi connectivity index (χ1) is 10.5. The number of fused-ring (bicyclic) bond motifs is 1. The molecule has 22 heavy (non-hydrogen) atoms. The zero-order valence-corrected chi connectivity index (χ0v) is 13.2. The molecule has 1 amide bonds. The minimum absolute atomic E-state index is 0.0853. The number of rotatable bonds is 3. The second kappa shape index (κ2) is 5.74. The van der Waals surface area contributed by atoms with E-state index in [-0.39, 0.29) is 5.91 Å². The van der Waals surface area contributed by atoms with Gasteiger partial charge >= 0.3 is 0 Å². The predicted molar refractivity (Wildman–Crippen MR) is 86.6 cm³/mol. The number of aromatic amines is 1. The number of carbonyl (C=O) groups excluding carboxylic acids is 1. The number of ether oxygens (including phenoxy) is 1. The van der Waals surface area contributed by atoms with Crippen LogP contribution in [0.5, 0.6) is 0 Å². The number of aromatic nitrogens is 1. The van der Waals surface area contributed by atoms with Crippen LogP contribution in [0.2, 0.25) is 0 Å². The summed E-state index contributed by atoms with van der Waals surface area (Å²) in [6, 6.07) is 6.22. The van der Waals surface area contributed by atoms with Gasteiger partial charge in [0.15, 0.2) is 0 Å². The summed E-state index contributed by atoms with van der Waals surface area (Å²) in [5.74, 6) is -0.0853. The standard InChI is InChI=1S/C17H23N3O2/c1-11-12(2)20-15-4-3-13(9-14(11)15)10-19-16(21)17(18)5-7-22-8-6-17/h3-4,9,20H,5-8,10,18H2,1-2H3,(H,19,21). The summed E-state index contributed by atoms with van der Waals surface area (Å²) in [7, 11) is 0. The summed E-state index contributed by atoms with van der Waals surface area (Å²) < 4.78 is 5.28. The highest BCUT2D eigenvalue weighted by molar-refractivity contribution is 5.87. The van der Waals surface area contributed by atoms with Crippen molar-refractivity contribution in [2.45, 2.75) is 38.8 Å². The molecule has 0 spiro atoms. The Labute approximate surface area is 130 Å². The van der Waals surface area contributed by atoms with E-state index in [1.165, 1.54) is 16.6 Å². The van der Waals surface area contributed by atoms with E-state index in [0.717, 1.165) is 11.1 Å². The van der Waals surface area contributed by atoms with Crippen LogP contribution in [0.4, 0.5) is 0 Å². The molecule has 3 rings (SSSR count). The van der Waals surface area contributed by atoms with E-state index >= 15 is 0 Å². The van der Waals surface area contributed by atoms with Crippen molar-refractivity contribution >= 4 is 16.8 Å². The van der Waals surface area contributed by atoms with Gasteiger partial charge in [-0.25, -0.2) is 0 Å². The largest absolute Gasteiger partial charge is 0.381 e. The number of aryl methyl sites for hydroxylation is 2. The molecular weight excluding hydrogens is 278 g/mol. The zero-order valence-electron chi connectivity index (χ0n) is 13.2. The van der Waals surface area contributed by atoms with Gasteiger partial charge < -0.3 is 20.8 Å². The van der Waals surface area contributed by atoms with Crippen molar-refractivity contribution in [3.8, 4) is 0 Å². The molecule has 0 unspecified atom stereocenters. The van der Waals surface area contributed by atoms with Crippen molar-refractivity contribution in [1.82, 2.24) is 10.3 Å². The third-order valence-corrected chi connectivity index (χ3v) is 4.66. The molecule has 5 nitrogen and oxygen atoms in total. The summed E-state index contributed by atoms with van der Waals surface area (Å²) in [5, 5.41) is 4.18. The lowest BCUT2D eigenvalue weighted by molar-refractivity contribution is -0.129. The number of carbonyl (C=O) groups is 1. The number of amides is 1. The maximum atomic E-state index is 12.3. The van der Waals surface area contributed by atoms with Crippen LogP contribution in [-0.4, -0.2) is 29.6 Å². The van der Waals surface area contributed by atoms with Gasteiger partial charge in [0.2, 0.25) is 5.91 Å². The molecule has 5 heteroatoms. The lowest BCUT2D eigenvalue weighted by Crippen LogP contribution is -2.56. The fourth-order valence-corrected chi connectivity index (χ4v) is 2.94. The van der Waals surface area contributed by atoms with Gasteiger partial charge in [0.05, 0.1) is 5.54 Å². The molecular formula is C17H23N3O2. The van der Waals surface area contributed by atoms with E-state index in [1.54, 1.807) is 0 Å². The molecule has 1 aromatic heterocycles. The molecule has 4 N–H and O–H groups in total. The van der Waals surface area contributed by atoms with Gasteiger partial charge in [-0.05, 0) is 49.9 Å². The van der Waals surface area contributed by atoms with Gasteiger partial charge in [0.25, 0.3) is 0 Å². The first-order valence-corrected chi connectivity index (χ1v) is 7.72. The van der Waals surface area contributed by atoms with Crippen LogP contribution in [0.1, 0.15) is 29.7 Å². The van der Waals surface area contributed by atoms with Crippen molar-refractivity contribution in [3.05, 3.63) is 35.0 Å². The quantitative estimate of drug-likeness (QED) is 0.810. The number of H-pyrrole nitrogens is 1. The van der Waals surface area contributed by atoms with Crippen LogP contribution >= 0.6 is 0 Å². The Morgan fingerprint density at radius 3 is 2.82 bits per heavy atom. The Bertz CT molecular complexity index is 699. The van der Waals surface area contributed by atoms with Crippen molar-refractivity contribution < 1.29 is 9.53 Å². The Kier molecular flexibility index (Phi) is 3.93. The molecule has 1 aromatic carbocycles. The number of nitrogens with two attached hydrogens (primary N) is 1. The molecule has 0 bridgehead atoms. The van der Waals surface area contributed by atoms with Gasteiger partial charge in [0.1, 0.15) is 0 Å². The van der Waals surface area contributed by atoms with Gasteiger partial charge in [-0.2, -0.15) is 0 Å². The van der Waals surface area contributed by atoms with E-state index in [0.29, 0.717) is 32.6 Å². The van der Waals surface area contributed by atoms with Crippen molar-refractivity contribution in [3.63, 3.8) is 0 Å². The van der Waals surface area contributed by atoms with E-state index in [1.807, 2.05) is 6.07 Å². The van der Waals surface area contributed by atoms with Crippen molar-refractivity contribution in [2.75, 3.05) is 13.2 Å². The molecule has 2 aromatic rings. The maximum absolute atomic E-state index is 12.3. The normalized spacial score (nSPS) is 17.6. The van der Waals surface area contributed by atoms with Crippen LogP contribution in [-0.2, 0) is 16.1 Å². The Morgan fingerprint density at radius 1 is 1.36 bits per heavy atom. The summed E-state index contributed by atoms with van der Waals surface area (Å²) >= 11 is 0. The van der Waals surface area contributed by atoms with E-state index in [4.69, 9.17) is 10.5 Å². The van der Waals surface area contributed by atoms with Gasteiger partial charge in [-0.15, -0.1) is 0 Å². The molecule has 0 saturated carbocycles. The highest BCUT2D eigenvalue weighted by atomic mass is 16.5. The third kappa shape index (κ3) is 2.74. The first-order valence-electron chi connectivity index (χ1n) is 7.72. The summed E-state index contributed by atoms with van der Waals surface area (Å²) in [6.07, 6.45) is 1.15. The number of hydrogen-bond donors (Lipinski definition) is 3. The zero-order chi connectivity index (χ0) is 15.7. The van der Waals surface area contributed by atoms with Gasteiger partial charge in [-0.3, -0.25) is 4.79 Å². The molecule has 0 aliphatic carbocycles. The maximum Gasteiger partial charge on any atom is 0.240 e. The van der Waals surface area contributed by atoms with E-state index < -0.39 is 5.54 Å². The molecule has 1 fully saturated rings. The fourth-order valence-electron chi connectivity index (χ4n) is 2.94. The Hall–Kier alpha value is -1.85. The molecule has 1 aliphatic heterocycles. The summed E-state index contributed by atoms with van der Waals surface area (Å²) in [5.41, 5.74) is 10.0. The number of benzene rings is 1. The average Bonchev–Trinajstić information content (AvgIpc) is 2.80. The van der Waals surface area contributed by atoms with Crippen LogP contribution < -0.4 is 11.1 Å².